The first-order valence-electron chi connectivity index (χ1n) is 11.8. The molecule has 0 unspecified atom stereocenters. The van der Waals surface area contributed by atoms with Gasteiger partial charge in [0, 0.05) is 31.5 Å². The van der Waals surface area contributed by atoms with E-state index in [0.717, 1.165) is 48.3 Å². The van der Waals surface area contributed by atoms with E-state index in [4.69, 9.17) is 0 Å². The van der Waals surface area contributed by atoms with Gasteiger partial charge in [-0.3, -0.25) is 23.9 Å². The van der Waals surface area contributed by atoms with E-state index in [0.29, 0.717) is 17.3 Å². The number of carbonyl (C=O) groups is 2. The van der Waals surface area contributed by atoms with Crippen molar-refractivity contribution in [2.24, 2.45) is 25.9 Å². The molecular formula is C25H33N7O2. The lowest BCUT2D eigenvalue weighted by Gasteiger charge is -2.32. The Morgan fingerprint density at radius 1 is 1.06 bits per heavy atom. The minimum Gasteiger partial charge on any atom is -0.339 e. The molecule has 1 saturated carbocycles. The summed E-state index contributed by atoms with van der Waals surface area (Å²) >= 11 is 0. The molecule has 3 aromatic rings. The van der Waals surface area contributed by atoms with Crippen molar-refractivity contribution in [1.82, 2.24) is 29.9 Å². The average molecular weight is 464 g/mol. The summed E-state index contributed by atoms with van der Waals surface area (Å²) in [6.07, 6.45) is 7.14. The van der Waals surface area contributed by atoms with Crippen LogP contribution < -0.4 is 10.6 Å². The number of hydrogen-bond donors (Lipinski definition) is 2. The quantitative estimate of drug-likeness (QED) is 0.583. The maximum Gasteiger partial charge on any atom is 0.270 e. The molecule has 34 heavy (non-hydrogen) atoms. The largest absolute Gasteiger partial charge is 0.339 e. The standard InChI is InChI=1S/C25H33N7O2/c1-15-6-8-18(9-7-15)23(29-24(33)21-12-13-27-32(21)5)25(34)28-19-10-11-20(26-14-19)22-16(2)30-31(4)17(22)3/h10-15,18,23H,6-9H2,1-5H3,(H,28,34)(H,29,33)/t15?,18?,23-/m0/s1. The molecule has 4 rings (SSSR count). The van der Waals surface area contributed by atoms with Gasteiger partial charge in [0.25, 0.3) is 5.91 Å². The second kappa shape index (κ2) is 9.79. The number of rotatable bonds is 6. The van der Waals surface area contributed by atoms with Gasteiger partial charge in [0.2, 0.25) is 5.91 Å². The zero-order valence-corrected chi connectivity index (χ0v) is 20.5. The molecule has 1 atom stereocenters. The average Bonchev–Trinajstić information content (AvgIpc) is 3.35. The van der Waals surface area contributed by atoms with Crippen molar-refractivity contribution in [2.75, 3.05) is 5.32 Å². The number of aromatic nitrogens is 5. The lowest BCUT2D eigenvalue weighted by molar-refractivity contribution is -0.119. The fourth-order valence-electron chi connectivity index (χ4n) is 4.81. The number of nitrogens with zero attached hydrogens (tertiary/aromatic N) is 5. The molecular weight excluding hydrogens is 430 g/mol. The fraction of sp³-hybridized carbons (Fsp3) is 0.480. The highest BCUT2D eigenvalue weighted by Crippen LogP contribution is 2.31. The fourth-order valence-corrected chi connectivity index (χ4v) is 4.81. The topological polar surface area (TPSA) is 107 Å². The maximum absolute atomic E-state index is 13.4. The first-order valence-corrected chi connectivity index (χ1v) is 11.8. The third-order valence-electron chi connectivity index (χ3n) is 6.95. The van der Waals surface area contributed by atoms with Crippen LogP contribution in [0, 0.1) is 25.7 Å². The predicted molar refractivity (Wildman–Crippen MR) is 130 cm³/mol. The third kappa shape index (κ3) is 4.88. The van der Waals surface area contributed by atoms with Gasteiger partial charge in [0.1, 0.15) is 11.7 Å². The van der Waals surface area contributed by atoms with E-state index in [9.17, 15) is 9.59 Å². The highest BCUT2D eigenvalue weighted by Gasteiger charge is 2.33. The van der Waals surface area contributed by atoms with E-state index < -0.39 is 6.04 Å². The summed E-state index contributed by atoms with van der Waals surface area (Å²) in [7, 11) is 3.62. The van der Waals surface area contributed by atoms with Crippen LogP contribution in [-0.4, -0.2) is 42.4 Å². The smallest absolute Gasteiger partial charge is 0.270 e. The second-order valence-corrected chi connectivity index (χ2v) is 9.40. The van der Waals surface area contributed by atoms with Crippen molar-refractivity contribution in [3.8, 4) is 11.3 Å². The van der Waals surface area contributed by atoms with Crippen LogP contribution in [0.5, 0.6) is 0 Å². The van der Waals surface area contributed by atoms with Crippen LogP contribution in [0.4, 0.5) is 5.69 Å². The summed E-state index contributed by atoms with van der Waals surface area (Å²) < 4.78 is 3.35. The number of nitrogens with one attached hydrogen (secondary N) is 2. The predicted octanol–water partition coefficient (Wildman–Crippen LogP) is 3.40. The SMILES string of the molecule is Cc1nn(C)c(C)c1-c1ccc(NC(=O)[C@@H](NC(=O)c2ccnn2C)C2CCC(C)CC2)cn1. The summed E-state index contributed by atoms with van der Waals surface area (Å²) in [5.74, 6) is 0.207. The third-order valence-corrected chi connectivity index (χ3v) is 6.95. The maximum atomic E-state index is 13.4. The van der Waals surface area contributed by atoms with Crippen LogP contribution in [0.3, 0.4) is 0 Å². The molecule has 9 nitrogen and oxygen atoms in total. The summed E-state index contributed by atoms with van der Waals surface area (Å²) in [6.45, 7) is 6.20. The van der Waals surface area contributed by atoms with Gasteiger partial charge < -0.3 is 10.6 Å². The molecule has 9 heteroatoms. The van der Waals surface area contributed by atoms with Gasteiger partial charge in [-0.25, -0.2) is 0 Å². The molecule has 180 valence electrons. The van der Waals surface area contributed by atoms with Crippen molar-refractivity contribution in [3.63, 3.8) is 0 Å². The van der Waals surface area contributed by atoms with Crippen molar-refractivity contribution in [2.45, 2.75) is 52.5 Å². The van der Waals surface area contributed by atoms with Crippen molar-refractivity contribution in [3.05, 3.63) is 47.7 Å². The van der Waals surface area contributed by atoms with Crippen LogP contribution >= 0.6 is 0 Å². The summed E-state index contributed by atoms with van der Waals surface area (Å²) in [6, 6.07) is 4.75. The van der Waals surface area contributed by atoms with Crippen LogP contribution in [-0.2, 0) is 18.9 Å². The van der Waals surface area contributed by atoms with Crippen molar-refractivity contribution < 1.29 is 9.59 Å². The molecule has 0 saturated heterocycles. The zero-order valence-electron chi connectivity index (χ0n) is 20.5. The Balaban J connectivity index is 1.51. The molecule has 2 amide bonds. The van der Waals surface area contributed by atoms with E-state index in [1.165, 1.54) is 4.68 Å². The van der Waals surface area contributed by atoms with E-state index >= 15 is 0 Å². The number of carbonyl (C=O) groups excluding carboxylic acids is 2. The van der Waals surface area contributed by atoms with Crippen LogP contribution in [0.1, 0.15) is 54.5 Å². The summed E-state index contributed by atoms with van der Waals surface area (Å²) in [5, 5.41) is 14.5. The molecule has 3 aromatic heterocycles. The molecule has 0 aliphatic heterocycles. The van der Waals surface area contributed by atoms with Gasteiger partial charge in [-0.2, -0.15) is 10.2 Å². The van der Waals surface area contributed by atoms with Gasteiger partial charge in [-0.15, -0.1) is 0 Å². The molecule has 1 fully saturated rings. The number of pyridine rings is 1. The highest BCUT2D eigenvalue weighted by atomic mass is 16.2. The van der Waals surface area contributed by atoms with Gasteiger partial charge in [0.05, 0.1) is 23.3 Å². The monoisotopic (exact) mass is 463 g/mol. The molecule has 2 N–H and O–H groups in total. The molecule has 3 heterocycles. The number of aryl methyl sites for hydroxylation is 3. The molecule has 0 bridgehead atoms. The normalized spacial score (nSPS) is 19.0. The van der Waals surface area contributed by atoms with Crippen LogP contribution in [0.2, 0.25) is 0 Å². The van der Waals surface area contributed by atoms with E-state index in [-0.39, 0.29) is 17.7 Å². The Morgan fingerprint density at radius 3 is 2.35 bits per heavy atom. The lowest BCUT2D eigenvalue weighted by atomic mass is 9.79. The molecule has 0 radical (unpaired) electrons. The van der Waals surface area contributed by atoms with E-state index in [2.05, 4.69) is 32.7 Å². The minimum absolute atomic E-state index is 0.0845. The van der Waals surface area contributed by atoms with Crippen LogP contribution in [0.25, 0.3) is 11.3 Å². The Kier molecular flexibility index (Phi) is 6.81. The Bertz CT molecular complexity index is 1170. The Morgan fingerprint density at radius 2 is 1.79 bits per heavy atom. The minimum atomic E-state index is -0.627. The molecule has 1 aliphatic rings. The van der Waals surface area contributed by atoms with Gasteiger partial charge in [0.15, 0.2) is 0 Å². The Labute approximate surface area is 200 Å². The van der Waals surface area contributed by atoms with Gasteiger partial charge in [-0.1, -0.05) is 19.8 Å². The highest BCUT2D eigenvalue weighted by molar-refractivity contribution is 6.00. The Hall–Kier alpha value is -3.49. The number of amides is 2. The lowest BCUT2D eigenvalue weighted by Crippen LogP contribution is -2.49. The first kappa shape index (κ1) is 23.7. The summed E-state index contributed by atoms with van der Waals surface area (Å²) in [5.41, 5.74) is 4.77. The van der Waals surface area contributed by atoms with Crippen molar-refractivity contribution >= 4 is 17.5 Å². The summed E-state index contributed by atoms with van der Waals surface area (Å²) in [4.78, 5) is 30.8. The van der Waals surface area contributed by atoms with E-state index in [1.54, 1.807) is 25.5 Å². The van der Waals surface area contributed by atoms with Crippen molar-refractivity contribution in [1.29, 1.82) is 0 Å². The number of anilines is 1. The molecule has 1 aliphatic carbocycles. The zero-order chi connectivity index (χ0) is 24.4. The molecule has 0 spiro atoms. The van der Waals surface area contributed by atoms with Gasteiger partial charge >= 0.3 is 0 Å². The second-order valence-electron chi connectivity index (χ2n) is 9.40. The molecule has 0 aromatic carbocycles. The van der Waals surface area contributed by atoms with E-state index in [1.807, 2.05) is 37.7 Å². The van der Waals surface area contributed by atoms with Crippen LogP contribution in [0.15, 0.2) is 30.6 Å². The number of hydrogen-bond acceptors (Lipinski definition) is 5. The van der Waals surface area contributed by atoms with Gasteiger partial charge in [-0.05, 0) is 56.7 Å². The first-order chi connectivity index (χ1) is 16.2.